The minimum absolute atomic E-state index is 0.0310. The predicted molar refractivity (Wildman–Crippen MR) is 75.1 cm³/mol. The van der Waals surface area contributed by atoms with E-state index in [0.29, 0.717) is 17.1 Å². The number of pyridine rings is 1. The normalized spacial score (nSPS) is 9.48. The van der Waals surface area contributed by atoms with Gasteiger partial charge in [0.2, 0.25) is 0 Å². The summed E-state index contributed by atoms with van der Waals surface area (Å²) in [4.78, 5) is 15.1. The first-order valence-electron chi connectivity index (χ1n) is 5.96. The highest BCUT2D eigenvalue weighted by Crippen LogP contribution is 2.23. The summed E-state index contributed by atoms with van der Waals surface area (Å²) < 4.78 is 0. The van der Waals surface area contributed by atoms with Gasteiger partial charge in [-0.2, -0.15) is 10.5 Å². The topological polar surface area (TPSA) is 110 Å². The number of aromatic carboxylic acids is 1. The molecule has 1 aromatic heterocycles. The number of hydrogen-bond donors (Lipinski definition) is 2. The molecule has 2 aromatic rings. The SMILES string of the molecule is Cc1cc(Nc2ccc(C#N)c(C#N)c2)c(C(=O)O)cn1. The lowest BCUT2D eigenvalue weighted by Crippen LogP contribution is -2.04. The smallest absolute Gasteiger partial charge is 0.339 e. The number of anilines is 2. The average molecular weight is 278 g/mol. The van der Waals surface area contributed by atoms with Crippen LogP contribution >= 0.6 is 0 Å². The van der Waals surface area contributed by atoms with E-state index in [1.165, 1.54) is 18.3 Å². The number of carboxylic acids is 1. The number of aryl methyl sites for hydroxylation is 1. The number of nitriles is 2. The molecule has 0 saturated heterocycles. The Morgan fingerprint density at radius 2 is 1.95 bits per heavy atom. The summed E-state index contributed by atoms with van der Waals surface area (Å²) in [5, 5.41) is 30.0. The Bertz CT molecular complexity index is 800. The molecule has 0 amide bonds. The molecule has 1 heterocycles. The van der Waals surface area contributed by atoms with Crippen molar-refractivity contribution in [2.24, 2.45) is 0 Å². The highest BCUT2D eigenvalue weighted by molar-refractivity contribution is 5.94. The Labute approximate surface area is 120 Å². The molecular formula is C15H10N4O2. The van der Waals surface area contributed by atoms with E-state index < -0.39 is 5.97 Å². The average Bonchev–Trinajstić information content (AvgIpc) is 2.46. The summed E-state index contributed by atoms with van der Waals surface area (Å²) in [6.07, 6.45) is 1.27. The number of aromatic nitrogens is 1. The number of benzene rings is 1. The second kappa shape index (κ2) is 5.72. The Kier molecular flexibility index (Phi) is 3.83. The lowest BCUT2D eigenvalue weighted by molar-refractivity contribution is 0.0697. The fourth-order valence-corrected chi connectivity index (χ4v) is 1.80. The first-order chi connectivity index (χ1) is 10.0. The monoisotopic (exact) mass is 278 g/mol. The van der Waals surface area contributed by atoms with Gasteiger partial charge in [0.25, 0.3) is 0 Å². The zero-order valence-electron chi connectivity index (χ0n) is 11.1. The fraction of sp³-hybridized carbons (Fsp3) is 0.0667. The van der Waals surface area contributed by atoms with Crippen LogP contribution in [-0.4, -0.2) is 16.1 Å². The quantitative estimate of drug-likeness (QED) is 0.892. The third kappa shape index (κ3) is 2.96. The van der Waals surface area contributed by atoms with Gasteiger partial charge in [0.1, 0.15) is 17.7 Å². The Morgan fingerprint density at radius 3 is 2.57 bits per heavy atom. The summed E-state index contributed by atoms with van der Waals surface area (Å²) in [7, 11) is 0. The third-order valence-corrected chi connectivity index (χ3v) is 2.81. The van der Waals surface area contributed by atoms with E-state index in [1.807, 2.05) is 12.1 Å². The Morgan fingerprint density at radius 1 is 1.24 bits per heavy atom. The van der Waals surface area contributed by atoms with Crippen molar-refractivity contribution < 1.29 is 9.90 Å². The summed E-state index contributed by atoms with van der Waals surface area (Å²) in [6, 6.07) is 10.1. The van der Waals surface area contributed by atoms with Gasteiger partial charge < -0.3 is 10.4 Å². The van der Waals surface area contributed by atoms with Crippen LogP contribution in [0.5, 0.6) is 0 Å². The standard InChI is InChI=1S/C15H10N4O2/c1-9-4-14(13(8-18-9)15(20)21)19-12-3-2-10(6-16)11(5-12)7-17/h2-5,8H,1H3,(H,18,19)(H,20,21). The summed E-state index contributed by atoms with van der Waals surface area (Å²) >= 11 is 0. The molecule has 0 radical (unpaired) electrons. The Balaban J connectivity index is 2.44. The molecule has 0 fully saturated rings. The molecule has 6 nitrogen and oxygen atoms in total. The number of rotatable bonds is 3. The maximum absolute atomic E-state index is 11.2. The maximum Gasteiger partial charge on any atom is 0.339 e. The molecule has 1 aromatic carbocycles. The summed E-state index contributed by atoms with van der Waals surface area (Å²) in [5.41, 5.74) is 2.10. The van der Waals surface area contributed by atoms with Gasteiger partial charge in [-0.25, -0.2) is 4.79 Å². The van der Waals surface area contributed by atoms with Gasteiger partial charge in [-0.05, 0) is 31.2 Å². The van der Waals surface area contributed by atoms with Crippen LogP contribution in [0.4, 0.5) is 11.4 Å². The number of carboxylic acid groups (broad SMARTS) is 1. The molecule has 0 atom stereocenters. The predicted octanol–water partition coefficient (Wildman–Crippen LogP) is 2.58. The molecule has 0 bridgehead atoms. The summed E-state index contributed by atoms with van der Waals surface area (Å²) in [5.74, 6) is -1.10. The highest BCUT2D eigenvalue weighted by atomic mass is 16.4. The molecule has 0 unspecified atom stereocenters. The van der Waals surface area contributed by atoms with E-state index in [2.05, 4.69) is 10.3 Å². The van der Waals surface area contributed by atoms with Crippen LogP contribution in [0.1, 0.15) is 27.2 Å². The second-order valence-corrected chi connectivity index (χ2v) is 4.29. The van der Waals surface area contributed by atoms with Crippen molar-refractivity contribution in [3.8, 4) is 12.1 Å². The van der Waals surface area contributed by atoms with Crippen molar-refractivity contribution in [1.29, 1.82) is 10.5 Å². The number of carbonyl (C=O) groups is 1. The lowest BCUT2D eigenvalue weighted by Gasteiger charge is -2.10. The number of nitrogens with one attached hydrogen (secondary N) is 1. The third-order valence-electron chi connectivity index (χ3n) is 2.81. The van der Waals surface area contributed by atoms with Crippen LogP contribution in [-0.2, 0) is 0 Å². The summed E-state index contributed by atoms with van der Waals surface area (Å²) in [6.45, 7) is 1.75. The van der Waals surface area contributed by atoms with Gasteiger partial charge in [0, 0.05) is 17.6 Å². The Hall–Kier alpha value is -3.38. The van der Waals surface area contributed by atoms with Crippen LogP contribution in [0.15, 0.2) is 30.5 Å². The van der Waals surface area contributed by atoms with Gasteiger partial charge in [-0.1, -0.05) is 0 Å². The fourth-order valence-electron chi connectivity index (χ4n) is 1.80. The van der Waals surface area contributed by atoms with Crippen LogP contribution < -0.4 is 5.32 Å². The molecule has 2 N–H and O–H groups in total. The molecule has 21 heavy (non-hydrogen) atoms. The first-order valence-corrected chi connectivity index (χ1v) is 5.96. The van der Waals surface area contributed by atoms with Crippen LogP contribution in [0.25, 0.3) is 0 Å². The lowest BCUT2D eigenvalue weighted by atomic mass is 10.1. The number of hydrogen-bond acceptors (Lipinski definition) is 5. The first kappa shape index (κ1) is 14.0. The van der Waals surface area contributed by atoms with E-state index in [4.69, 9.17) is 15.6 Å². The molecule has 2 rings (SSSR count). The molecule has 102 valence electrons. The van der Waals surface area contributed by atoms with Crippen molar-refractivity contribution >= 4 is 17.3 Å². The van der Waals surface area contributed by atoms with Crippen LogP contribution in [0.3, 0.4) is 0 Å². The van der Waals surface area contributed by atoms with Gasteiger partial charge in [-0.15, -0.1) is 0 Å². The molecule has 0 aliphatic heterocycles. The molecule has 0 aliphatic rings. The minimum Gasteiger partial charge on any atom is -0.478 e. The van der Waals surface area contributed by atoms with E-state index >= 15 is 0 Å². The molecule has 0 aliphatic carbocycles. The van der Waals surface area contributed by atoms with Crippen molar-refractivity contribution in [2.45, 2.75) is 6.92 Å². The highest BCUT2D eigenvalue weighted by Gasteiger charge is 2.12. The zero-order chi connectivity index (χ0) is 15.4. The van der Waals surface area contributed by atoms with E-state index in [0.717, 1.165) is 0 Å². The van der Waals surface area contributed by atoms with Gasteiger partial charge >= 0.3 is 5.97 Å². The van der Waals surface area contributed by atoms with E-state index in [9.17, 15) is 4.79 Å². The molecule has 0 saturated carbocycles. The minimum atomic E-state index is -1.10. The maximum atomic E-state index is 11.2. The van der Waals surface area contributed by atoms with Gasteiger partial charge in [0.15, 0.2) is 0 Å². The van der Waals surface area contributed by atoms with E-state index in [1.54, 1.807) is 19.1 Å². The zero-order valence-corrected chi connectivity index (χ0v) is 11.1. The molecular weight excluding hydrogens is 268 g/mol. The van der Waals surface area contributed by atoms with Crippen molar-refractivity contribution in [2.75, 3.05) is 5.32 Å². The molecule has 0 spiro atoms. The molecule has 6 heteroatoms. The van der Waals surface area contributed by atoms with Crippen LogP contribution in [0.2, 0.25) is 0 Å². The van der Waals surface area contributed by atoms with Crippen LogP contribution in [0, 0.1) is 29.6 Å². The largest absolute Gasteiger partial charge is 0.478 e. The van der Waals surface area contributed by atoms with Crippen molar-refractivity contribution in [3.63, 3.8) is 0 Å². The van der Waals surface area contributed by atoms with Crippen molar-refractivity contribution in [3.05, 3.63) is 52.8 Å². The second-order valence-electron chi connectivity index (χ2n) is 4.29. The van der Waals surface area contributed by atoms with Crippen molar-refractivity contribution in [1.82, 2.24) is 4.98 Å². The van der Waals surface area contributed by atoms with E-state index in [-0.39, 0.29) is 16.7 Å². The van der Waals surface area contributed by atoms with Gasteiger partial charge in [-0.3, -0.25) is 4.98 Å². The number of nitrogens with zero attached hydrogens (tertiary/aromatic N) is 3. The van der Waals surface area contributed by atoms with Gasteiger partial charge in [0.05, 0.1) is 16.8 Å².